The maximum Gasteiger partial charge on any atom is 0.335 e. The van der Waals surface area contributed by atoms with E-state index in [4.69, 9.17) is 10.2 Å². The molecule has 6 heteroatoms. The van der Waals surface area contributed by atoms with Gasteiger partial charge in [0, 0.05) is 22.2 Å². The zero-order valence-electron chi connectivity index (χ0n) is 21.3. The molecule has 0 aromatic heterocycles. The molecule has 32 heavy (non-hydrogen) atoms. The summed E-state index contributed by atoms with van der Waals surface area (Å²) >= 11 is 0. The number of hydrogen-bond donors (Lipinski definition) is 4. The standard InChI is InChI=1S/2C9H19N.C8H6O4/c2*1-8(2)6-5-7-9(3,4)10-8;9-7(10)5-2-1-3-6(4-5)8(11)12/h2*10H,5-7H2,1-4H3;1-4H,(H,9,10)(H,11,12). The van der Waals surface area contributed by atoms with E-state index in [2.05, 4.69) is 66.0 Å². The number of benzene rings is 1. The van der Waals surface area contributed by atoms with Crippen molar-refractivity contribution in [2.45, 2.75) is 116 Å². The van der Waals surface area contributed by atoms with Crippen LogP contribution in [0.25, 0.3) is 0 Å². The van der Waals surface area contributed by atoms with E-state index >= 15 is 0 Å². The highest BCUT2D eigenvalue weighted by molar-refractivity contribution is 5.93. The van der Waals surface area contributed by atoms with Crippen LogP contribution in [0, 0.1) is 0 Å². The van der Waals surface area contributed by atoms with E-state index in [1.165, 1.54) is 56.7 Å². The number of carboxylic acids is 2. The number of carboxylic acid groups (broad SMARTS) is 2. The number of piperidine rings is 2. The predicted octanol–water partition coefficient (Wildman–Crippen LogP) is 5.72. The summed E-state index contributed by atoms with van der Waals surface area (Å²) in [4.78, 5) is 20.8. The van der Waals surface area contributed by atoms with Crippen molar-refractivity contribution in [2.24, 2.45) is 0 Å². The van der Waals surface area contributed by atoms with Crippen molar-refractivity contribution in [2.75, 3.05) is 0 Å². The van der Waals surface area contributed by atoms with Crippen LogP contribution in [0.3, 0.4) is 0 Å². The molecule has 6 nitrogen and oxygen atoms in total. The highest BCUT2D eigenvalue weighted by Gasteiger charge is 2.32. The molecule has 2 saturated heterocycles. The second kappa shape index (κ2) is 10.8. The molecule has 0 radical (unpaired) electrons. The van der Waals surface area contributed by atoms with Gasteiger partial charge in [0.2, 0.25) is 0 Å². The molecule has 182 valence electrons. The minimum atomic E-state index is -1.13. The summed E-state index contributed by atoms with van der Waals surface area (Å²) in [7, 11) is 0. The molecular formula is C26H44N2O4. The summed E-state index contributed by atoms with van der Waals surface area (Å²) < 4.78 is 0. The van der Waals surface area contributed by atoms with Gasteiger partial charge >= 0.3 is 11.9 Å². The van der Waals surface area contributed by atoms with Gasteiger partial charge in [-0.2, -0.15) is 0 Å². The fourth-order valence-electron chi connectivity index (χ4n) is 4.81. The first-order valence-electron chi connectivity index (χ1n) is 11.6. The fraction of sp³-hybridized carbons (Fsp3) is 0.692. The molecule has 1 aromatic carbocycles. The number of rotatable bonds is 2. The molecule has 0 amide bonds. The monoisotopic (exact) mass is 448 g/mol. The minimum absolute atomic E-state index is 0.0186. The Hall–Kier alpha value is -1.92. The van der Waals surface area contributed by atoms with Crippen molar-refractivity contribution in [3.8, 4) is 0 Å². The Kier molecular flexibility index (Phi) is 9.49. The van der Waals surface area contributed by atoms with Crippen molar-refractivity contribution >= 4 is 11.9 Å². The van der Waals surface area contributed by atoms with E-state index in [9.17, 15) is 9.59 Å². The van der Waals surface area contributed by atoms with Gasteiger partial charge in [-0.1, -0.05) is 6.07 Å². The van der Waals surface area contributed by atoms with Crippen LogP contribution in [0.5, 0.6) is 0 Å². The molecule has 2 heterocycles. The third-order valence-corrected chi connectivity index (χ3v) is 5.92. The van der Waals surface area contributed by atoms with Gasteiger partial charge in [0.05, 0.1) is 11.1 Å². The number of nitrogens with one attached hydrogen (secondary N) is 2. The van der Waals surface area contributed by atoms with Crippen molar-refractivity contribution < 1.29 is 19.8 Å². The van der Waals surface area contributed by atoms with Gasteiger partial charge in [-0.3, -0.25) is 0 Å². The molecule has 2 fully saturated rings. The van der Waals surface area contributed by atoms with Crippen LogP contribution in [0.1, 0.15) is 115 Å². The molecule has 0 bridgehead atoms. The first kappa shape index (κ1) is 28.1. The van der Waals surface area contributed by atoms with Crippen LogP contribution >= 0.6 is 0 Å². The molecule has 0 atom stereocenters. The lowest BCUT2D eigenvalue weighted by Crippen LogP contribution is -2.55. The van der Waals surface area contributed by atoms with Gasteiger partial charge in [-0.05, 0) is 112 Å². The van der Waals surface area contributed by atoms with E-state index in [-0.39, 0.29) is 11.1 Å². The lowest BCUT2D eigenvalue weighted by molar-refractivity contribution is 0.0696. The number of aromatic carboxylic acids is 2. The van der Waals surface area contributed by atoms with Gasteiger partial charge in [-0.15, -0.1) is 0 Å². The molecule has 2 aliphatic rings. The molecule has 0 aliphatic carbocycles. The molecule has 1 aromatic rings. The van der Waals surface area contributed by atoms with Crippen LogP contribution in [0.2, 0.25) is 0 Å². The van der Waals surface area contributed by atoms with Gasteiger partial charge in [-0.25, -0.2) is 9.59 Å². The normalized spacial score (nSPS) is 22.2. The van der Waals surface area contributed by atoms with E-state index in [0.29, 0.717) is 22.2 Å². The Morgan fingerprint density at radius 2 is 0.938 bits per heavy atom. The van der Waals surface area contributed by atoms with Crippen molar-refractivity contribution in [1.29, 1.82) is 0 Å². The average molecular weight is 449 g/mol. The van der Waals surface area contributed by atoms with Crippen molar-refractivity contribution in [1.82, 2.24) is 10.6 Å². The first-order valence-corrected chi connectivity index (χ1v) is 11.6. The van der Waals surface area contributed by atoms with Crippen molar-refractivity contribution in [3.05, 3.63) is 35.4 Å². The van der Waals surface area contributed by atoms with Crippen LogP contribution in [-0.2, 0) is 0 Å². The lowest BCUT2D eigenvalue weighted by atomic mass is 9.83. The third-order valence-electron chi connectivity index (χ3n) is 5.92. The SMILES string of the molecule is CC1(C)CCCC(C)(C)N1.CC1(C)CCCC(C)(C)N1.O=C(O)c1cccc(C(=O)O)c1. The van der Waals surface area contributed by atoms with E-state index in [1.54, 1.807) is 0 Å². The summed E-state index contributed by atoms with van der Waals surface area (Å²) in [6.07, 6.45) is 8.00. The first-order chi connectivity index (χ1) is 14.4. The fourth-order valence-corrected chi connectivity index (χ4v) is 4.81. The summed E-state index contributed by atoms with van der Waals surface area (Å²) in [6.45, 7) is 18.3. The van der Waals surface area contributed by atoms with Crippen molar-refractivity contribution in [3.63, 3.8) is 0 Å². The summed E-state index contributed by atoms with van der Waals surface area (Å²) in [6, 6.07) is 5.20. The van der Waals surface area contributed by atoms with Crippen LogP contribution in [0.4, 0.5) is 0 Å². The van der Waals surface area contributed by atoms with Crippen LogP contribution in [0.15, 0.2) is 24.3 Å². The van der Waals surface area contributed by atoms with Crippen LogP contribution in [-0.4, -0.2) is 44.3 Å². The second-order valence-electron chi connectivity index (χ2n) is 11.7. The number of carbonyl (C=O) groups is 2. The van der Waals surface area contributed by atoms with Gasteiger partial charge in [0.15, 0.2) is 0 Å². The predicted molar refractivity (Wildman–Crippen MR) is 131 cm³/mol. The second-order valence-corrected chi connectivity index (χ2v) is 11.7. The summed E-state index contributed by atoms with van der Waals surface area (Å²) in [5.74, 6) is -2.25. The summed E-state index contributed by atoms with van der Waals surface area (Å²) in [5, 5.41) is 24.3. The number of hydrogen-bond acceptors (Lipinski definition) is 4. The van der Waals surface area contributed by atoms with Crippen LogP contribution < -0.4 is 10.6 Å². The molecule has 2 aliphatic heterocycles. The Labute approximate surface area is 194 Å². The maximum absolute atomic E-state index is 10.4. The highest BCUT2D eigenvalue weighted by atomic mass is 16.4. The quantitative estimate of drug-likeness (QED) is 0.462. The Bertz CT molecular complexity index is 693. The van der Waals surface area contributed by atoms with Gasteiger partial charge in [0.1, 0.15) is 0 Å². The van der Waals surface area contributed by atoms with Gasteiger partial charge in [0.25, 0.3) is 0 Å². The smallest absolute Gasteiger partial charge is 0.335 e. The van der Waals surface area contributed by atoms with E-state index in [0.717, 1.165) is 6.07 Å². The topological polar surface area (TPSA) is 98.7 Å². The zero-order chi connectivity index (χ0) is 24.8. The Morgan fingerprint density at radius 3 is 1.12 bits per heavy atom. The molecular weight excluding hydrogens is 404 g/mol. The maximum atomic E-state index is 10.4. The molecule has 0 spiro atoms. The van der Waals surface area contributed by atoms with E-state index < -0.39 is 11.9 Å². The Morgan fingerprint density at radius 1 is 0.656 bits per heavy atom. The molecule has 0 unspecified atom stereocenters. The Balaban J connectivity index is 0.000000241. The van der Waals surface area contributed by atoms with E-state index in [1.807, 2.05) is 0 Å². The average Bonchev–Trinajstić information content (AvgIpc) is 2.58. The third kappa shape index (κ3) is 10.6. The molecule has 0 saturated carbocycles. The largest absolute Gasteiger partial charge is 0.478 e. The molecule has 3 rings (SSSR count). The van der Waals surface area contributed by atoms with Gasteiger partial charge < -0.3 is 20.8 Å². The minimum Gasteiger partial charge on any atom is -0.478 e. The lowest BCUT2D eigenvalue weighted by Gasteiger charge is -2.42. The summed E-state index contributed by atoms with van der Waals surface area (Å²) in [5.41, 5.74) is 1.41. The molecule has 4 N–H and O–H groups in total. The zero-order valence-corrected chi connectivity index (χ0v) is 21.3. The highest BCUT2D eigenvalue weighted by Crippen LogP contribution is 2.28.